The second kappa shape index (κ2) is 5.11. The minimum Gasteiger partial charge on any atom is -0.325 e. The molecule has 2 atom stereocenters. The number of hydrogen-bond donors (Lipinski definition) is 1. The van der Waals surface area contributed by atoms with Crippen LogP contribution in [0.4, 0.5) is 13.2 Å². The fraction of sp³-hybridized carbons (Fsp3) is 0.833. The van der Waals surface area contributed by atoms with Crippen molar-refractivity contribution in [1.82, 2.24) is 14.8 Å². The van der Waals surface area contributed by atoms with Crippen molar-refractivity contribution in [2.24, 2.45) is 11.7 Å². The number of halogens is 3. The van der Waals surface area contributed by atoms with Gasteiger partial charge in [0, 0.05) is 18.5 Å². The van der Waals surface area contributed by atoms with Crippen LogP contribution in [0.1, 0.15) is 38.4 Å². The third-order valence-electron chi connectivity index (χ3n) is 3.85. The Morgan fingerprint density at radius 2 is 2.26 bits per heavy atom. The maximum absolute atomic E-state index is 12.8. The molecule has 1 fully saturated rings. The van der Waals surface area contributed by atoms with E-state index in [-0.39, 0.29) is 12.8 Å². The summed E-state index contributed by atoms with van der Waals surface area (Å²) in [7, 11) is 0. The van der Waals surface area contributed by atoms with E-state index < -0.39 is 17.6 Å². The molecule has 0 radical (unpaired) electrons. The summed E-state index contributed by atoms with van der Waals surface area (Å²) in [6, 6.07) is 0. The van der Waals surface area contributed by atoms with Gasteiger partial charge in [-0.25, -0.2) is 4.98 Å². The summed E-state index contributed by atoms with van der Waals surface area (Å²) in [6.45, 7) is 2.56. The van der Waals surface area contributed by atoms with Gasteiger partial charge in [0.05, 0.1) is 5.92 Å². The zero-order valence-electron chi connectivity index (χ0n) is 11.0. The third kappa shape index (κ3) is 3.26. The van der Waals surface area contributed by atoms with Crippen LogP contribution in [-0.4, -0.2) is 26.5 Å². The molecule has 7 heteroatoms. The summed E-state index contributed by atoms with van der Waals surface area (Å²) in [5.74, 6) is -0.614. The van der Waals surface area contributed by atoms with Crippen molar-refractivity contribution in [3.63, 3.8) is 0 Å². The second-order valence-corrected chi connectivity index (χ2v) is 5.37. The zero-order chi connectivity index (χ0) is 14.1. The van der Waals surface area contributed by atoms with Crippen LogP contribution in [-0.2, 0) is 13.0 Å². The fourth-order valence-electron chi connectivity index (χ4n) is 2.84. The molecule has 0 aliphatic heterocycles. The van der Waals surface area contributed by atoms with Crippen LogP contribution < -0.4 is 5.73 Å². The Kier molecular flexibility index (Phi) is 3.85. The summed E-state index contributed by atoms with van der Waals surface area (Å²) in [5, 5.41) is 4.03. The van der Waals surface area contributed by atoms with Gasteiger partial charge < -0.3 is 5.73 Å². The Labute approximate surface area is 110 Å². The third-order valence-corrected chi connectivity index (χ3v) is 3.85. The number of rotatable bonds is 3. The van der Waals surface area contributed by atoms with Crippen LogP contribution in [0.3, 0.4) is 0 Å². The maximum Gasteiger partial charge on any atom is 0.391 e. The van der Waals surface area contributed by atoms with E-state index in [0.717, 1.165) is 0 Å². The van der Waals surface area contributed by atoms with E-state index in [1.807, 2.05) is 6.92 Å². The molecule has 108 valence electrons. The van der Waals surface area contributed by atoms with Gasteiger partial charge in [-0.05, 0) is 26.2 Å². The van der Waals surface area contributed by atoms with Gasteiger partial charge in [0.1, 0.15) is 12.2 Å². The summed E-state index contributed by atoms with van der Waals surface area (Å²) < 4.78 is 40.1. The number of aryl methyl sites for hydroxylation is 1. The molecule has 2 unspecified atom stereocenters. The van der Waals surface area contributed by atoms with E-state index in [1.54, 1.807) is 4.68 Å². The molecule has 0 bridgehead atoms. The van der Waals surface area contributed by atoms with Crippen LogP contribution in [0.25, 0.3) is 0 Å². The molecule has 1 saturated carbocycles. The fourth-order valence-corrected chi connectivity index (χ4v) is 2.84. The molecule has 1 heterocycles. The maximum atomic E-state index is 12.8. The molecular weight excluding hydrogens is 257 g/mol. The molecule has 1 aliphatic rings. The molecule has 1 aliphatic carbocycles. The Morgan fingerprint density at radius 3 is 2.89 bits per heavy atom. The molecule has 0 spiro atoms. The first kappa shape index (κ1) is 14.3. The van der Waals surface area contributed by atoms with Gasteiger partial charge in [-0.1, -0.05) is 6.42 Å². The number of hydrogen-bond acceptors (Lipinski definition) is 3. The van der Waals surface area contributed by atoms with E-state index in [1.165, 1.54) is 6.33 Å². The van der Waals surface area contributed by atoms with Crippen molar-refractivity contribution in [3.8, 4) is 0 Å². The van der Waals surface area contributed by atoms with Gasteiger partial charge in [0.2, 0.25) is 0 Å². The molecule has 0 aromatic carbocycles. The lowest BCUT2D eigenvalue weighted by molar-refractivity contribution is -0.187. The van der Waals surface area contributed by atoms with E-state index in [9.17, 15) is 13.2 Å². The highest BCUT2D eigenvalue weighted by molar-refractivity contribution is 5.01. The summed E-state index contributed by atoms with van der Waals surface area (Å²) >= 11 is 0. The number of nitrogens with two attached hydrogens (primary N) is 1. The van der Waals surface area contributed by atoms with Crippen molar-refractivity contribution >= 4 is 0 Å². The highest BCUT2D eigenvalue weighted by Crippen LogP contribution is 2.41. The minimum atomic E-state index is -4.15. The van der Waals surface area contributed by atoms with Crippen molar-refractivity contribution in [2.45, 2.75) is 57.3 Å². The Bertz CT molecular complexity index is 429. The summed E-state index contributed by atoms with van der Waals surface area (Å²) in [4.78, 5) is 4.10. The van der Waals surface area contributed by atoms with Crippen molar-refractivity contribution in [2.75, 3.05) is 0 Å². The van der Waals surface area contributed by atoms with E-state index in [0.29, 0.717) is 31.6 Å². The molecule has 4 nitrogen and oxygen atoms in total. The highest BCUT2D eigenvalue weighted by atomic mass is 19.4. The van der Waals surface area contributed by atoms with Crippen molar-refractivity contribution in [1.29, 1.82) is 0 Å². The lowest BCUT2D eigenvalue weighted by Crippen LogP contribution is -2.49. The zero-order valence-corrected chi connectivity index (χ0v) is 11.0. The molecule has 2 rings (SSSR count). The molecule has 19 heavy (non-hydrogen) atoms. The number of nitrogens with zero attached hydrogens (tertiary/aromatic N) is 3. The largest absolute Gasteiger partial charge is 0.391 e. The van der Waals surface area contributed by atoms with Crippen LogP contribution in [0.15, 0.2) is 6.33 Å². The molecular formula is C12H19F3N4. The average Bonchev–Trinajstić information content (AvgIpc) is 2.74. The summed E-state index contributed by atoms with van der Waals surface area (Å²) in [6.07, 6.45) is -1.09. The molecule has 0 amide bonds. The number of alkyl halides is 3. The molecule has 2 N–H and O–H groups in total. The molecule has 1 aromatic rings. The van der Waals surface area contributed by atoms with E-state index in [4.69, 9.17) is 5.73 Å². The Balaban J connectivity index is 2.10. The monoisotopic (exact) mass is 276 g/mol. The lowest BCUT2D eigenvalue weighted by atomic mass is 9.74. The Hall–Kier alpha value is -1.11. The van der Waals surface area contributed by atoms with Gasteiger partial charge in [0.25, 0.3) is 0 Å². The van der Waals surface area contributed by atoms with Crippen LogP contribution in [0.2, 0.25) is 0 Å². The molecule has 1 aromatic heterocycles. The van der Waals surface area contributed by atoms with Crippen molar-refractivity contribution < 1.29 is 13.2 Å². The predicted molar refractivity (Wildman–Crippen MR) is 64.3 cm³/mol. The van der Waals surface area contributed by atoms with E-state index >= 15 is 0 Å². The van der Waals surface area contributed by atoms with Crippen molar-refractivity contribution in [3.05, 3.63) is 12.2 Å². The summed E-state index contributed by atoms with van der Waals surface area (Å²) in [5.41, 5.74) is 5.36. The standard InChI is InChI=1S/C12H19F3N4/c1-2-19-10(17-8-18-19)7-11(16)5-3-4-9(6-11)12(13,14)15/h8-9H,2-7,16H2,1H3. The smallest absolute Gasteiger partial charge is 0.325 e. The normalized spacial score (nSPS) is 28.6. The Morgan fingerprint density at radius 1 is 1.53 bits per heavy atom. The molecule has 0 saturated heterocycles. The topological polar surface area (TPSA) is 56.7 Å². The highest BCUT2D eigenvalue weighted by Gasteiger charge is 2.46. The van der Waals surface area contributed by atoms with Gasteiger partial charge in [-0.3, -0.25) is 4.68 Å². The quantitative estimate of drug-likeness (QED) is 0.921. The van der Waals surface area contributed by atoms with Crippen LogP contribution >= 0.6 is 0 Å². The van der Waals surface area contributed by atoms with Gasteiger partial charge >= 0.3 is 6.18 Å². The van der Waals surface area contributed by atoms with Gasteiger partial charge in [0.15, 0.2) is 0 Å². The van der Waals surface area contributed by atoms with Crippen LogP contribution in [0.5, 0.6) is 0 Å². The minimum absolute atomic E-state index is 0.0208. The second-order valence-electron chi connectivity index (χ2n) is 5.37. The van der Waals surface area contributed by atoms with Gasteiger partial charge in [-0.15, -0.1) is 0 Å². The predicted octanol–water partition coefficient (Wildman–Crippen LogP) is 2.29. The SMILES string of the molecule is CCn1ncnc1CC1(N)CCCC(C(F)(F)F)C1. The van der Waals surface area contributed by atoms with E-state index in [2.05, 4.69) is 10.1 Å². The first-order valence-corrected chi connectivity index (χ1v) is 6.56. The van der Waals surface area contributed by atoms with Crippen LogP contribution in [0, 0.1) is 5.92 Å². The first-order valence-electron chi connectivity index (χ1n) is 6.56. The lowest BCUT2D eigenvalue weighted by Gasteiger charge is -2.38. The first-order chi connectivity index (χ1) is 8.84. The number of aromatic nitrogens is 3. The van der Waals surface area contributed by atoms with Gasteiger partial charge in [-0.2, -0.15) is 18.3 Å². The average molecular weight is 276 g/mol.